The van der Waals surface area contributed by atoms with Gasteiger partial charge in [0.05, 0.1) is 22.9 Å². The summed E-state index contributed by atoms with van der Waals surface area (Å²) in [5.74, 6) is -0.656. The maximum absolute atomic E-state index is 13.1. The molecule has 2 aromatic rings. The van der Waals surface area contributed by atoms with Crippen LogP contribution in [0.5, 0.6) is 0 Å². The van der Waals surface area contributed by atoms with Crippen molar-refractivity contribution >= 4 is 5.69 Å². The third kappa shape index (κ3) is 2.64. The van der Waals surface area contributed by atoms with E-state index < -0.39 is 10.7 Å². The molecule has 3 rings (SSSR count). The van der Waals surface area contributed by atoms with E-state index in [1.807, 2.05) is 0 Å². The molecular formula is C12H12FN5O2. The number of benzene rings is 1. The van der Waals surface area contributed by atoms with E-state index in [9.17, 15) is 14.5 Å². The molecule has 20 heavy (non-hydrogen) atoms. The standard InChI is InChI=1S/C12H12FN5O2/c13-8-1-4-11(12(5-8)18(19)20)17-7-10(15-16-17)6-14-9-2-3-9/h1,4-5,7,9,14H,2-3,6H2. The number of nitro groups is 1. The maximum Gasteiger partial charge on any atom is 0.297 e. The fourth-order valence-electron chi connectivity index (χ4n) is 1.87. The van der Waals surface area contributed by atoms with Crippen molar-refractivity contribution in [1.82, 2.24) is 20.3 Å². The second-order valence-corrected chi connectivity index (χ2v) is 4.70. The topological polar surface area (TPSA) is 85.9 Å². The smallest absolute Gasteiger partial charge is 0.297 e. The molecule has 7 nitrogen and oxygen atoms in total. The quantitative estimate of drug-likeness (QED) is 0.662. The van der Waals surface area contributed by atoms with Gasteiger partial charge < -0.3 is 5.32 Å². The number of nitro benzene ring substituents is 1. The molecule has 0 spiro atoms. The van der Waals surface area contributed by atoms with E-state index in [4.69, 9.17) is 0 Å². The maximum atomic E-state index is 13.1. The minimum Gasteiger partial charge on any atom is -0.308 e. The van der Waals surface area contributed by atoms with Crippen molar-refractivity contribution in [3.05, 3.63) is 46.0 Å². The van der Waals surface area contributed by atoms with Crippen molar-refractivity contribution in [3.63, 3.8) is 0 Å². The first-order chi connectivity index (χ1) is 9.63. The van der Waals surface area contributed by atoms with Gasteiger partial charge in [-0.25, -0.2) is 9.07 Å². The van der Waals surface area contributed by atoms with Crippen molar-refractivity contribution in [2.45, 2.75) is 25.4 Å². The lowest BCUT2D eigenvalue weighted by atomic mass is 10.2. The Morgan fingerprint density at radius 1 is 1.50 bits per heavy atom. The first-order valence-electron chi connectivity index (χ1n) is 6.22. The second-order valence-electron chi connectivity index (χ2n) is 4.70. The molecule has 1 N–H and O–H groups in total. The molecule has 0 saturated heterocycles. The van der Waals surface area contributed by atoms with Gasteiger partial charge in [-0.05, 0) is 25.0 Å². The zero-order valence-electron chi connectivity index (χ0n) is 10.5. The van der Waals surface area contributed by atoms with E-state index in [2.05, 4.69) is 15.6 Å². The van der Waals surface area contributed by atoms with E-state index in [-0.39, 0.29) is 11.4 Å². The van der Waals surface area contributed by atoms with E-state index in [1.54, 1.807) is 6.20 Å². The zero-order chi connectivity index (χ0) is 14.1. The third-order valence-corrected chi connectivity index (χ3v) is 3.07. The average molecular weight is 277 g/mol. The van der Waals surface area contributed by atoms with Crippen LogP contribution >= 0.6 is 0 Å². The summed E-state index contributed by atoms with van der Waals surface area (Å²) in [7, 11) is 0. The summed E-state index contributed by atoms with van der Waals surface area (Å²) in [6.07, 6.45) is 3.94. The van der Waals surface area contributed by atoms with E-state index >= 15 is 0 Å². The van der Waals surface area contributed by atoms with Gasteiger partial charge >= 0.3 is 0 Å². The normalized spacial score (nSPS) is 14.4. The highest BCUT2D eigenvalue weighted by Crippen LogP contribution is 2.23. The molecule has 8 heteroatoms. The van der Waals surface area contributed by atoms with Crippen molar-refractivity contribution < 1.29 is 9.31 Å². The van der Waals surface area contributed by atoms with Gasteiger partial charge in [-0.15, -0.1) is 5.10 Å². The Labute approximate surface area is 113 Å². The van der Waals surface area contributed by atoms with Gasteiger partial charge in [-0.1, -0.05) is 5.21 Å². The summed E-state index contributed by atoms with van der Waals surface area (Å²) < 4.78 is 14.4. The van der Waals surface area contributed by atoms with E-state index in [0.29, 0.717) is 18.3 Å². The monoisotopic (exact) mass is 277 g/mol. The average Bonchev–Trinajstić information content (AvgIpc) is 3.14. The molecule has 0 bridgehead atoms. The number of hydrogen-bond donors (Lipinski definition) is 1. The molecule has 104 valence electrons. The Morgan fingerprint density at radius 2 is 2.30 bits per heavy atom. The molecule has 1 saturated carbocycles. The molecular weight excluding hydrogens is 265 g/mol. The Balaban J connectivity index is 1.86. The predicted molar refractivity (Wildman–Crippen MR) is 67.8 cm³/mol. The van der Waals surface area contributed by atoms with Crippen LogP contribution < -0.4 is 5.32 Å². The summed E-state index contributed by atoms with van der Waals surface area (Å²) in [5.41, 5.74) is 0.550. The molecule has 1 aromatic heterocycles. The van der Waals surface area contributed by atoms with Crippen LogP contribution in [0.4, 0.5) is 10.1 Å². The lowest BCUT2D eigenvalue weighted by Gasteiger charge is -2.01. The summed E-state index contributed by atoms with van der Waals surface area (Å²) in [5, 5.41) is 22.0. The summed E-state index contributed by atoms with van der Waals surface area (Å²) in [4.78, 5) is 10.3. The Bertz CT molecular complexity index is 653. The highest BCUT2D eigenvalue weighted by molar-refractivity contribution is 5.51. The zero-order valence-corrected chi connectivity index (χ0v) is 10.5. The van der Waals surface area contributed by atoms with Crippen LogP contribution in [0.3, 0.4) is 0 Å². The Hall–Kier alpha value is -2.35. The second kappa shape index (κ2) is 4.97. The number of aromatic nitrogens is 3. The van der Waals surface area contributed by atoms with Gasteiger partial charge in [0.15, 0.2) is 0 Å². The van der Waals surface area contributed by atoms with Crippen molar-refractivity contribution in [1.29, 1.82) is 0 Å². The molecule has 0 amide bonds. The molecule has 1 aliphatic rings. The first-order valence-corrected chi connectivity index (χ1v) is 6.22. The van der Waals surface area contributed by atoms with Gasteiger partial charge in [0.2, 0.25) is 0 Å². The predicted octanol–water partition coefficient (Wildman–Crippen LogP) is 1.57. The van der Waals surface area contributed by atoms with Gasteiger partial charge in [-0.3, -0.25) is 10.1 Å². The van der Waals surface area contributed by atoms with Crippen LogP contribution in [0.2, 0.25) is 0 Å². The number of halogens is 1. The van der Waals surface area contributed by atoms with Crippen LogP contribution in [-0.2, 0) is 6.54 Å². The molecule has 1 heterocycles. The largest absolute Gasteiger partial charge is 0.308 e. The van der Waals surface area contributed by atoms with Crippen LogP contribution in [0.25, 0.3) is 5.69 Å². The molecule has 1 aliphatic carbocycles. The molecule has 0 radical (unpaired) electrons. The number of nitrogens with zero attached hydrogens (tertiary/aromatic N) is 4. The number of nitrogens with one attached hydrogen (secondary N) is 1. The first kappa shape index (κ1) is 12.7. The summed E-state index contributed by atoms with van der Waals surface area (Å²) in [6.45, 7) is 0.569. The highest BCUT2D eigenvalue weighted by Gasteiger charge is 2.21. The van der Waals surface area contributed by atoms with E-state index in [0.717, 1.165) is 25.0 Å². The minimum absolute atomic E-state index is 0.196. The molecule has 1 fully saturated rings. The fourth-order valence-corrected chi connectivity index (χ4v) is 1.87. The van der Waals surface area contributed by atoms with Gasteiger partial charge in [-0.2, -0.15) is 0 Å². The van der Waals surface area contributed by atoms with Crippen molar-refractivity contribution in [2.75, 3.05) is 0 Å². The lowest BCUT2D eigenvalue weighted by Crippen LogP contribution is -2.15. The van der Waals surface area contributed by atoms with Crippen molar-refractivity contribution in [2.24, 2.45) is 0 Å². The van der Waals surface area contributed by atoms with Gasteiger partial charge in [0.25, 0.3) is 5.69 Å². The SMILES string of the molecule is O=[N+]([O-])c1cc(F)ccc1-n1cc(CNC2CC2)nn1. The van der Waals surface area contributed by atoms with E-state index in [1.165, 1.54) is 10.7 Å². The van der Waals surface area contributed by atoms with Crippen LogP contribution in [0.1, 0.15) is 18.5 Å². The molecule has 0 aliphatic heterocycles. The fraction of sp³-hybridized carbons (Fsp3) is 0.333. The Kier molecular flexibility index (Phi) is 3.15. The minimum atomic E-state index is -0.656. The summed E-state index contributed by atoms with van der Waals surface area (Å²) >= 11 is 0. The highest BCUT2D eigenvalue weighted by atomic mass is 19.1. The lowest BCUT2D eigenvalue weighted by molar-refractivity contribution is -0.384. The van der Waals surface area contributed by atoms with Crippen LogP contribution in [0, 0.1) is 15.9 Å². The Morgan fingerprint density at radius 3 is 3.00 bits per heavy atom. The number of rotatable bonds is 5. The molecule has 0 unspecified atom stereocenters. The van der Waals surface area contributed by atoms with Crippen LogP contribution in [-0.4, -0.2) is 26.0 Å². The summed E-state index contributed by atoms with van der Waals surface area (Å²) in [6, 6.07) is 3.89. The molecule has 1 aromatic carbocycles. The van der Waals surface area contributed by atoms with Crippen LogP contribution in [0.15, 0.2) is 24.4 Å². The van der Waals surface area contributed by atoms with Crippen molar-refractivity contribution in [3.8, 4) is 5.69 Å². The third-order valence-electron chi connectivity index (χ3n) is 3.07. The molecule has 0 atom stereocenters. The van der Waals surface area contributed by atoms with Gasteiger partial charge in [0.1, 0.15) is 11.5 Å². The number of hydrogen-bond acceptors (Lipinski definition) is 5. The van der Waals surface area contributed by atoms with Gasteiger partial charge in [0, 0.05) is 12.6 Å².